The first kappa shape index (κ1) is 21.2. The number of alkyl halides is 5. The number of fused-ring (bicyclic) bond motifs is 1. The van der Waals surface area contributed by atoms with Crippen LogP contribution in [0.5, 0.6) is 0 Å². The van der Waals surface area contributed by atoms with Gasteiger partial charge in [-0.3, -0.25) is 9.48 Å². The number of nitrogens with zero attached hydrogens (tertiary/aromatic N) is 3. The molecule has 1 saturated carbocycles. The highest BCUT2D eigenvalue weighted by atomic mass is 19.4. The molecule has 0 atom stereocenters. The Balaban J connectivity index is 1.63. The number of anilines is 1. The van der Waals surface area contributed by atoms with Crippen LogP contribution in [0.15, 0.2) is 36.5 Å². The summed E-state index contributed by atoms with van der Waals surface area (Å²) in [6.45, 7) is 0.0760. The highest BCUT2D eigenvalue weighted by Gasteiger charge is 2.33. The molecule has 0 aliphatic heterocycles. The molecular weight excluding hydrogens is 423 g/mol. The quantitative estimate of drug-likeness (QED) is 0.569. The summed E-state index contributed by atoms with van der Waals surface area (Å²) in [5, 5.41) is 16.2. The minimum absolute atomic E-state index is 0.0481. The SMILES string of the molecule is O=C(Nc1cc2cn([C@H]3C[C@H](CO)C3)nc2cc1C(F)F)c1cccc(C(F)(F)F)n1. The number of aliphatic hydroxyl groups excluding tert-OH is 1. The molecule has 2 aromatic heterocycles. The summed E-state index contributed by atoms with van der Waals surface area (Å²) in [7, 11) is 0. The van der Waals surface area contributed by atoms with Gasteiger partial charge < -0.3 is 10.4 Å². The molecule has 4 rings (SSSR count). The fraction of sp³-hybridized carbons (Fsp3) is 0.350. The first-order valence-electron chi connectivity index (χ1n) is 9.43. The molecule has 1 fully saturated rings. The molecule has 164 valence electrons. The standard InChI is InChI=1S/C20H17F5N4O2/c21-18(22)13-7-15-11(8-29(28-15)12-4-10(5-12)9-30)6-16(13)27-19(31)14-2-1-3-17(26-14)20(23,24)25/h1-3,6-8,10,12,18,30H,4-5,9H2,(H,27,31)/t10-,12-. The zero-order valence-corrected chi connectivity index (χ0v) is 15.9. The van der Waals surface area contributed by atoms with Crippen LogP contribution in [0.3, 0.4) is 0 Å². The Morgan fingerprint density at radius 2 is 2.00 bits per heavy atom. The van der Waals surface area contributed by atoms with Crippen molar-refractivity contribution in [2.75, 3.05) is 11.9 Å². The molecule has 0 spiro atoms. The summed E-state index contributed by atoms with van der Waals surface area (Å²) in [5.74, 6) is -0.853. The molecule has 0 unspecified atom stereocenters. The van der Waals surface area contributed by atoms with Gasteiger partial charge in [0.1, 0.15) is 11.4 Å². The molecule has 3 aromatic rings. The molecule has 0 radical (unpaired) electrons. The predicted octanol–water partition coefficient (Wildman–Crippen LogP) is 4.58. The van der Waals surface area contributed by atoms with Gasteiger partial charge in [-0.2, -0.15) is 18.3 Å². The molecule has 0 saturated heterocycles. The van der Waals surface area contributed by atoms with Gasteiger partial charge in [0.25, 0.3) is 12.3 Å². The van der Waals surface area contributed by atoms with Crippen molar-refractivity contribution in [3.63, 3.8) is 0 Å². The number of halogens is 5. The van der Waals surface area contributed by atoms with Crippen molar-refractivity contribution in [3.8, 4) is 0 Å². The topological polar surface area (TPSA) is 80.0 Å². The molecular formula is C20H17F5N4O2. The predicted molar refractivity (Wildman–Crippen MR) is 101 cm³/mol. The second-order valence-corrected chi connectivity index (χ2v) is 7.44. The maximum Gasteiger partial charge on any atom is 0.433 e. The Kier molecular flexibility index (Phi) is 5.38. The van der Waals surface area contributed by atoms with Gasteiger partial charge in [0, 0.05) is 23.8 Å². The second kappa shape index (κ2) is 7.88. The van der Waals surface area contributed by atoms with Crippen molar-refractivity contribution >= 4 is 22.5 Å². The lowest BCUT2D eigenvalue weighted by Crippen LogP contribution is -2.29. The molecule has 0 bridgehead atoms. The van der Waals surface area contributed by atoms with Gasteiger partial charge in [0.05, 0.1) is 17.2 Å². The van der Waals surface area contributed by atoms with Crippen LogP contribution in [-0.2, 0) is 6.18 Å². The van der Waals surface area contributed by atoms with Gasteiger partial charge >= 0.3 is 6.18 Å². The van der Waals surface area contributed by atoms with E-state index in [1.165, 1.54) is 6.07 Å². The van der Waals surface area contributed by atoms with Gasteiger partial charge in [0.2, 0.25) is 0 Å². The van der Waals surface area contributed by atoms with Crippen molar-refractivity contribution < 1.29 is 31.9 Å². The van der Waals surface area contributed by atoms with Crippen molar-refractivity contribution in [3.05, 3.63) is 53.5 Å². The van der Waals surface area contributed by atoms with Crippen molar-refractivity contribution in [2.24, 2.45) is 5.92 Å². The monoisotopic (exact) mass is 440 g/mol. The summed E-state index contributed by atoms with van der Waals surface area (Å²) in [6, 6.07) is 5.31. The van der Waals surface area contributed by atoms with E-state index in [-0.39, 0.29) is 24.3 Å². The Morgan fingerprint density at radius 3 is 2.65 bits per heavy atom. The lowest BCUT2D eigenvalue weighted by molar-refractivity contribution is -0.141. The Labute approximate surface area is 172 Å². The molecule has 31 heavy (non-hydrogen) atoms. The summed E-state index contributed by atoms with van der Waals surface area (Å²) in [5.41, 5.74) is -2.23. The highest BCUT2D eigenvalue weighted by Crippen LogP contribution is 2.38. The number of hydrogen-bond acceptors (Lipinski definition) is 4. The van der Waals surface area contributed by atoms with E-state index < -0.39 is 35.5 Å². The fourth-order valence-electron chi connectivity index (χ4n) is 3.55. The average Bonchev–Trinajstić information content (AvgIpc) is 3.08. The Bertz CT molecular complexity index is 1120. The van der Waals surface area contributed by atoms with Crippen molar-refractivity contribution in [2.45, 2.75) is 31.5 Å². The number of aromatic nitrogens is 3. The molecule has 1 aliphatic rings. The highest BCUT2D eigenvalue weighted by molar-refractivity contribution is 6.04. The van der Waals surface area contributed by atoms with E-state index in [1.54, 1.807) is 10.9 Å². The number of carbonyl (C=O) groups excluding carboxylic acids is 1. The van der Waals surface area contributed by atoms with Crippen LogP contribution in [0.4, 0.5) is 27.6 Å². The van der Waals surface area contributed by atoms with Crippen molar-refractivity contribution in [1.29, 1.82) is 0 Å². The first-order valence-corrected chi connectivity index (χ1v) is 9.43. The van der Waals surface area contributed by atoms with E-state index in [9.17, 15) is 26.7 Å². The van der Waals surface area contributed by atoms with E-state index in [1.807, 2.05) is 0 Å². The van der Waals surface area contributed by atoms with Crippen LogP contribution in [0.25, 0.3) is 10.9 Å². The summed E-state index contributed by atoms with van der Waals surface area (Å²) >= 11 is 0. The molecule has 6 nitrogen and oxygen atoms in total. The van der Waals surface area contributed by atoms with Crippen LogP contribution >= 0.6 is 0 Å². The summed E-state index contributed by atoms with van der Waals surface area (Å²) in [4.78, 5) is 15.7. The normalized spacial score (nSPS) is 18.9. The smallest absolute Gasteiger partial charge is 0.396 e. The Morgan fingerprint density at radius 1 is 1.26 bits per heavy atom. The van der Waals surface area contributed by atoms with E-state index in [0.717, 1.165) is 31.0 Å². The van der Waals surface area contributed by atoms with Crippen LogP contribution in [0, 0.1) is 5.92 Å². The average molecular weight is 440 g/mol. The Hall–Kier alpha value is -3.08. The molecule has 11 heteroatoms. The lowest BCUT2D eigenvalue weighted by atomic mass is 9.81. The molecule has 1 amide bonds. The first-order chi connectivity index (χ1) is 14.7. The number of nitrogens with one attached hydrogen (secondary N) is 1. The maximum atomic E-state index is 13.6. The van der Waals surface area contributed by atoms with E-state index >= 15 is 0 Å². The minimum atomic E-state index is -4.74. The zero-order valence-electron chi connectivity index (χ0n) is 15.9. The maximum absolute atomic E-state index is 13.6. The molecule has 1 aromatic carbocycles. The van der Waals surface area contributed by atoms with E-state index in [4.69, 9.17) is 5.11 Å². The number of benzene rings is 1. The lowest BCUT2D eigenvalue weighted by Gasteiger charge is -2.33. The van der Waals surface area contributed by atoms with Crippen LogP contribution < -0.4 is 5.32 Å². The largest absolute Gasteiger partial charge is 0.433 e. The molecule has 2 heterocycles. The third-order valence-electron chi connectivity index (χ3n) is 5.29. The third-order valence-corrected chi connectivity index (χ3v) is 5.29. The van der Waals surface area contributed by atoms with Crippen LogP contribution in [0.1, 0.15) is 47.1 Å². The number of rotatable bonds is 5. The van der Waals surface area contributed by atoms with Crippen LogP contribution in [0.2, 0.25) is 0 Å². The number of amides is 1. The summed E-state index contributed by atoms with van der Waals surface area (Å²) in [6.07, 6.45) is -4.59. The third kappa shape index (κ3) is 4.22. The fourth-order valence-corrected chi connectivity index (χ4v) is 3.55. The van der Waals surface area contributed by atoms with Crippen LogP contribution in [-0.4, -0.2) is 32.4 Å². The zero-order chi connectivity index (χ0) is 22.3. The number of carbonyl (C=O) groups is 1. The van der Waals surface area contributed by atoms with Gasteiger partial charge in [-0.15, -0.1) is 0 Å². The van der Waals surface area contributed by atoms with Gasteiger partial charge in [0.15, 0.2) is 0 Å². The van der Waals surface area contributed by atoms with E-state index in [2.05, 4.69) is 15.4 Å². The van der Waals surface area contributed by atoms with Gasteiger partial charge in [-0.05, 0) is 43.0 Å². The van der Waals surface area contributed by atoms with E-state index in [0.29, 0.717) is 17.0 Å². The minimum Gasteiger partial charge on any atom is -0.396 e. The molecule has 1 aliphatic carbocycles. The molecule has 2 N–H and O–H groups in total. The van der Waals surface area contributed by atoms with Crippen molar-refractivity contribution in [1.82, 2.24) is 14.8 Å². The number of hydrogen-bond donors (Lipinski definition) is 2. The summed E-state index contributed by atoms with van der Waals surface area (Å²) < 4.78 is 67.3. The number of pyridine rings is 1. The number of aliphatic hydroxyl groups is 1. The van der Waals surface area contributed by atoms with Gasteiger partial charge in [-0.25, -0.2) is 13.8 Å². The second-order valence-electron chi connectivity index (χ2n) is 7.44. The van der Waals surface area contributed by atoms with Gasteiger partial charge in [-0.1, -0.05) is 6.07 Å².